The zero-order chi connectivity index (χ0) is 17.1. The maximum atomic E-state index is 5.79. The van der Waals surface area contributed by atoms with E-state index in [9.17, 15) is 0 Å². The average Bonchev–Trinajstić information content (AvgIpc) is 3.20. The summed E-state index contributed by atoms with van der Waals surface area (Å²) in [5.41, 5.74) is 1.76. The van der Waals surface area contributed by atoms with Gasteiger partial charge in [0, 0.05) is 33.1 Å². The molecule has 2 fully saturated rings. The van der Waals surface area contributed by atoms with Crippen molar-refractivity contribution in [2.24, 2.45) is 10.4 Å². The molecule has 0 unspecified atom stereocenters. The van der Waals surface area contributed by atoms with Crippen molar-refractivity contribution >= 4 is 5.96 Å². The number of nitrogens with one attached hydrogen (secondary N) is 1. The van der Waals surface area contributed by atoms with Gasteiger partial charge in [-0.15, -0.1) is 0 Å². The quantitative estimate of drug-likeness (QED) is 0.662. The summed E-state index contributed by atoms with van der Waals surface area (Å²) >= 11 is 0. The molecule has 4 rings (SSSR count). The Labute approximate surface area is 150 Å². The number of rotatable bonds is 2. The Morgan fingerprint density at radius 1 is 1.12 bits per heavy atom. The Morgan fingerprint density at radius 2 is 1.92 bits per heavy atom. The summed E-state index contributed by atoms with van der Waals surface area (Å²) in [6.45, 7) is 4.50. The smallest absolute Gasteiger partial charge is 0.193 e. The van der Waals surface area contributed by atoms with Crippen LogP contribution in [0.4, 0.5) is 0 Å². The van der Waals surface area contributed by atoms with Crippen molar-refractivity contribution in [2.45, 2.75) is 45.1 Å². The molecule has 1 aliphatic carbocycles. The Balaban J connectivity index is 1.38. The van der Waals surface area contributed by atoms with Gasteiger partial charge in [-0.1, -0.05) is 18.9 Å². The van der Waals surface area contributed by atoms with Gasteiger partial charge in [0.25, 0.3) is 0 Å². The van der Waals surface area contributed by atoms with E-state index >= 15 is 0 Å². The molecule has 1 N–H and O–H groups in total. The van der Waals surface area contributed by atoms with Crippen molar-refractivity contribution in [1.82, 2.24) is 10.2 Å². The van der Waals surface area contributed by atoms with Crippen LogP contribution in [0.1, 0.15) is 44.1 Å². The summed E-state index contributed by atoms with van der Waals surface area (Å²) in [6.07, 6.45) is 7.84. The average molecular weight is 343 g/mol. The molecule has 0 radical (unpaired) electrons. The fourth-order valence-electron chi connectivity index (χ4n) is 4.48. The molecule has 3 aliphatic rings. The number of fused-ring (bicyclic) bond motifs is 1. The van der Waals surface area contributed by atoms with Crippen LogP contribution in [0.3, 0.4) is 0 Å². The van der Waals surface area contributed by atoms with E-state index in [1.165, 1.54) is 37.7 Å². The predicted octanol–water partition coefficient (Wildman–Crippen LogP) is 3.19. The van der Waals surface area contributed by atoms with Crippen molar-refractivity contribution in [3.63, 3.8) is 0 Å². The van der Waals surface area contributed by atoms with Crippen LogP contribution in [0.5, 0.6) is 11.5 Å². The molecule has 1 aromatic carbocycles. The molecule has 1 saturated carbocycles. The van der Waals surface area contributed by atoms with Crippen LogP contribution in [0.2, 0.25) is 0 Å². The lowest BCUT2D eigenvalue weighted by Crippen LogP contribution is -2.40. The highest BCUT2D eigenvalue weighted by Crippen LogP contribution is 2.45. The molecule has 0 aromatic heterocycles. The Kier molecular flexibility index (Phi) is 4.73. The van der Waals surface area contributed by atoms with Crippen LogP contribution in [0.15, 0.2) is 23.2 Å². The van der Waals surface area contributed by atoms with Gasteiger partial charge in [-0.25, -0.2) is 0 Å². The minimum atomic E-state index is 0.562. The van der Waals surface area contributed by atoms with Gasteiger partial charge in [-0.2, -0.15) is 0 Å². The second-order valence-corrected chi connectivity index (χ2v) is 7.61. The standard InChI is InChI=1S/C20H29N3O2/c1-21-19(23-10-9-20(15-23)7-2-3-8-20)22-14-16-5-6-17-18(13-16)25-12-4-11-24-17/h5-6,13H,2-4,7-12,14-15H2,1H3,(H,21,22). The van der Waals surface area contributed by atoms with Crippen molar-refractivity contribution in [3.05, 3.63) is 23.8 Å². The van der Waals surface area contributed by atoms with Crippen molar-refractivity contribution in [3.8, 4) is 11.5 Å². The third-order valence-electron chi connectivity index (χ3n) is 5.88. The van der Waals surface area contributed by atoms with E-state index < -0.39 is 0 Å². The lowest BCUT2D eigenvalue weighted by molar-refractivity contribution is 0.297. The lowest BCUT2D eigenvalue weighted by atomic mass is 9.86. The van der Waals surface area contributed by atoms with Gasteiger partial charge in [0.2, 0.25) is 0 Å². The van der Waals surface area contributed by atoms with Gasteiger partial charge in [-0.3, -0.25) is 4.99 Å². The first-order valence-corrected chi connectivity index (χ1v) is 9.62. The first-order valence-electron chi connectivity index (χ1n) is 9.62. The second-order valence-electron chi connectivity index (χ2n) is 7.61. The summed E-state index contributed by atoms with van der Waals surface area (Å²) in [4.78, 5) is 6.96. The minimum Gasteiger partial charge on any atom is -0.490 e. The van der Waals surface area contributed by atoms with Gasteiger partial charge < -0.3 is 19.7 Å². The number of hydrogen-bond acceptors (Lipinski definition) is 3. The third-order valence-corrected chi connectivity index (χ3v) is 5.88. The molecule has 1 saturated heterocycles. The van der Waals surface area contributed by atoms with E-state index in [2.05, 4.69) is 27.3 Å². The summed E-state index contributed by atoms with van der Waals surface area (Å²) in [6, 6.07) is 6.21. The van der Waals surface area contributed by atoms with Crippen LogP contribution < -0.4 is 14.8 Å². The van der Waals surface area contributed by atoms with Crippen LogP contribution >= 0.6 is 0 Å². The molecule has 1 aromatic rings. The monoisotopic (exact) mass is 343 g/mol. The number of nitrogens with zero attached hydrogens (tertiary/aromatic N) is 2. The minimum absolute atomic E-state index is 0.562. The number of guanidine groups is 1. The third kappa shape index (κ3) is 3.55. The normalized spacial score (nSPS) is 22.3. The molecule has 0 bridgehead atoms. The van der Waals surface area contributed by atoms with E-state index in [1.807, 2.05) is 13.1 Å². The first kappa shape index (κ1) is 16.6. The summed E-state index contributed by atoms with van der Waals surface area (Å²) < 4.78 is 11.5. The Bertz CT molecular complexity index is 638. The van der Waals surface area contributed by atoms with Crippen LogP contribution in [0.25, 0.3) is 0 Å². The molecule has 5 nitrogen and oxygen atoms in total. The van der Waals surface area contributed by atoms with E-state index in [0.717, 1.165) is 56.7 Å². The van der Waals surface area contributed by atoms with Gasteiger partial charge in [-0.05, 0) is 42.4 Å². The van der Waals surface area contributed by atoms with E-state index in [0.29, 0.717) is 5.41 Å². The van der Waals surface area contributed by atoms with Crippen molar-refractivity contribution in [1.29, 1.82) is 0 Å². The maximum absolute atomic E-state index is 5.79. The largest absolute Gasteiger partial charge is 0.490 e. The lowest BCUT2D eigenvalue weighted by Gasteiger charge is -2.26. The highest BCUT2D eigenvalue weighted by Gasteiger charge is 2.41. The summed E-state index contributed by atoms with van der Waals surface area (Å²) in [5.74, 6) is 2.74. The van der Waals surface area contributed by atoms with Gasteiger partial charge in [0.05, 0.1) is 13.2 Å². The van der Waals surface area contributed by atoms with E-state index in [1.54, 1.807) is 0 Å². The highest BCUT2D eigenvalue weighted by molar-refractivity contribution is 5.80. The number of ether oxygens (including phenoxy) is 2. The SMILES string of the molecule is CN=C(NCc1ccc2c(c1)OCCCO2)N1CCC2(CCCC2)C1. The van der Waals surface area contributed by atoms with E-state index in [4.69, 9.17) is 9.47 Å². The van der Waals surface area contributed by atoms with Crippen LogP contribution in [0, 0.1) is 5.41 Å². The zero-order valence-corrected chi connectivity index (χ0v) is 15.2. The van der Waals surface area contributed by atoms with Gasteiger partial charge in [0.15, 0.2) is 17.5 Å². The molecular formula is C20H29N3O2. The number of benzene rings is 1. The molecule has 25 heavy (non-hydrogen) atoms. The Hall–Kier alpha value is -1.91. The topological polar surface area (TPSA) is 46.1 Å². The number of likely N-dealkylation sites (tertiary alicyclic amines) is 1. The van der Waals surface area contributed by atoms with Gasteiger partial charge >= 0.3 is 0 Å². The molecule has 1 spiro atoms. The summed E-state index contributed by atoms with van der Waals surface area (Å²) in [5, 5.41) is 3.54. The highest BCUT2D eigenvalue weighted by atomic mass is 16.5. The maximum Gasteiger partial charge on any atom is 0.193 e. The molecule has 0 atom stereocenters. The summed E-state index contributed by atoms with van der Waals surface area (Å²) in [7, 11) is 1.88. The van der Waals surface area contributed by atoms with E-state index in [-0.39, 0.29) is 0 Å². The molecule has 136 valence electrons. The van der Waals surface area contributed by atoms with Crippen LogP contribution in [-0.2, 0) is 6.54 Å². The van der Waals surface area contributed by atoms with Gasteiger partial charge in [0.1, 0.15) is 0 Å². The fraction of sp³-hybridized carbons (Fsp3) is 0.650. The number of hydrogen-bond donors (Lipinski definition) is 1. The fourth-order valence-corrected chi connectivity index (χ4v) is 4.48. The second kappa shape index (κ2) is 7.14. The molecule has 0 amide bonds. The van der Waals surface area contributed by atoms with Crippen LogP contribution in [-0.4, -0.2) is 44.2 Å². The Morgan fingerprint density at radius 3 is 2.72 bits per heavy atom. The van der Waals surface area contributed by atoms with Crippen molar-refractivity contribution in [2.75, 3.05) is 33.4 Å². The molecule has 5 heteroatoms. The molecular weight excluding hydrogens is 314 g/mol. The number of aliphatic imine (C=N–C) groups is 1. The molecule has 2 heterocycles. The zero-order valence-electron chi connectivity index (χ0n) is 15.2. The predicted molar refractivity (Wildman–Crippen MR) is 99.3 cm³/mol. The molecule has 2 aliphatic heterocycles. The van der Waals surface area contributed by atoms with Crippen molar-refractivity contribution < 1.29 is 9.47 Å². The first-order chi connectivity index (χ1) is 12.3.